The fourth-order valence-corrected chi connectivity index (χ4v) is 4.00. The van der Waals surface area contributed by atoms with Gasteiger partial charge in [-0.15, -0.1) is 0 Å². The largest absolute Gasteiger partial charge is 0.495 e. The lowest BCUT2D eigenvalue weighted by Gasteiger charge is -2.43. The highest BCUT2D eigenvalue weighted by atomic mass is 16.5. The average molecular weight is 274 g/mol. The molecule has 3 N–H and O–H groups in total. The molecule has 3 nitrogen and oxygen atoms in total. The van der Waals surface area contributed by atoms with Gasteiger partial charge in [-0.1, -0.05) is 6.07 Å². The van der Waals surface area contributed by atoms with Crippen molar-refractivity contribution in [3.05, 3.63) is 23.8 Å². The van der Waals surface area contributed by atoms with Gasteiger partial charge in [0.1, 0.15) is 5.75 Å². The number of benzene rings is 1. The molecule has 0 aromatic heterocycles. The predicted molar refractivity (Wildman–Crippen MR) is 83.2 cm³/mol. The molecule has 1 saturated heterocycles. The molecular weight excluding hydrogens is 248 g/mol. The third-order valence-corrected chi connectivity index (χ3v) is 5.44. The maximum Gasteiger partial charge on any atom is 0.142 e. The summed E-state index contributed by atoms with van der Waals surface area (Å²) < 4.78 is 5.35. The molecule has 1 aliphatic carbocycles. The van der Waals surface area contributed by atoms with E-state index < -0.39 is 0 Å². The highest BCUT2D eigenvalue weighted by molar-refractivity contribution is 5.54. The van der Waals surface area contributed by atoms with Crippen molar-refractivity contribution in [3.8, 4) is 5.75 Å². The van der Waals surface area contributed by atoms with Crippen molar-refractivity contribution in [1.82, 2.24) is 5.32 Å². The number of rotatable bonds is 2. The molecule has 0 unspecified atom stereocenters. The quantitative estimate of drug-likeness (QED) is 0.813. The Morgan fingerprint density at radius 1 is 1.15 bits per heavy atom. The van der Waals surface area contributed by atoms with Crippen LogP contribution in [0.2, 0.25) is 0 Å². The summed E-state index contributed by atoms with van der Waals surface area (Å²) in [7, 11) is 1.69. The van der Waals surface area contributed by atoms with Gasteiger partial charge in [-0.3, -0.25) is 0 Å². The number of anilines is 1. The molecule has 0 amide bonds. The lowest BCUT2D eigenvalue weighted by atomic mass is 9.65. The van der Waals surface area contributed by atoms with Gasteiger partial charge in [0.2, 0.25) is 0 Å². The van der Waals surface area contributed by atoms with Crippen LogP contribution in [-0.4, -0.2) is 20.2 Å². The zero-order chi connectivity index (χ0) is 14.0. The molecule has 2 aliphatic rings. The Balaban J connectivity index is 1.68. The summed E-state index contributed by atoms with van der Waals surface area (Å²) in [4.78, 5) is 0. The summed E-state index contributed by atoms with van der Waals surface area (Å²) in [5.74, 6) is 1.51. The fourth-order valence-electron chi connectivity index (χ4n) is 4.00. The number of nitrogens with two attached hydrogens (primary N) is 1. The number of hydrogen-bond donors (Lipinski definition) is 2. The molecule has 0 atom stereocenters. The normalized spacial score (nSPS) is 22.9. The van der Waals surface area contributed by atoms with Gasteiger partial charge < -0.3 is 15.8 Å². The highest BCUT2D eigenvalue weighted by Crippen LogP contribution is 2.48. The average Bonchev–Trinajstić information content (AvgIpc) is 2.50. The van der Waals surface area contributed by atoms with Crippen LogP contribution >= 0.6 is 0 Å². The number of nitrogens with one attached hydrogen (secondary N) is 1. The summed E-state index contributed by atoms with van der Waals surface area (Å²) in [5, 5.41) is 3.49. The van der Waals surface area contributed by atoms with Crippen LogP contribution < -0.4 is 15.8 Å². The second-order valence-corrected chi connectivity index (χ2v) is 6.53. The van der Waals surface area contributed by atoms with E-state index in [1.807, 2.05) is 6.07 Å². The monoisotopic (exact) mass is 274 g/mol. The number of methoxy groups -OCH3 is 1. The zero-order valence-corrected chi connectivity index (χ0v) is 12.5. The Morgan fingerprint density at radius 2 is 1.85 bits per heavy atom. The van der Waals surface area contributed by atoms with Gasteiger partial charge in [-0.2, -0.15) is 0 Å². The molecule has 3 rings (SSSR count). The van der Waals surface area contributed by atoms with Gasteiger partial charge in [-0.25, -0.2) is 0 Å². The molecular formula is C17H26N2O. The number of piperidine rings is 1. The van der Waals surface area contributed by atoms with Gasteiger partial charge in [0.15, 0.2) is 0 Å². The molecule has 1 aliphatic heterocycles. The highest BCUT2D eigenvalue weighted by Gasteiger charge is 2.36. The van der Waals surface area contributed by atoms with Crippen molar-refractivity contribution in [2.75, 3.05) is 25.9 Å². The van der Waals surface area contributed by atoms with E-state index in [2.05, 4.69) is 17.4 Å². The minimum absolute atomic E-state index is 0.639. The summed E-state index contributed by atoms with van der Waals surface area (Å²) in [6.45, 7) is 2.42. The van der Waals surface area contributed by atoms with E-state index >= 15 is 0 Å². The van der Waals surface area contributed by atoms with Crippen LogP contribution in [0.15, 0.2) is 18.2 Å². The van der Waals surface area contributed by atoms with Crippen LogP contribution in [-0.2, 0) is 0 Å². The third kappa shape index (κ3) is 2.64. The fraction of sp³-hybridized carbons (Fsp3) is 0.647. The van der Waals surface area contributed by atoms with E-state index in [9.17, 15) is 0 Å². The number of ether oxygens (including phenoxy) is 1. The van der Waals surface area contributed by atoms with Crippen LogP contribution in [0, 0.1) is 5.41 Å². The molecule has 1 aromatic carbocycles. The van der Waals surface area contributed by atoms with E-state index in [4.69, 9.17) is 10.5 Å². The second kappa shape index (κ2) is 5.65. The maximum absolute atomic E-state index is 5.91. The lowest BCUT2D eigenvalue weighted by molar-refractivity contribution is 0.123. The van der Waals surface area contributed by atoms with E-state index in [0.717, 1.165) is 11.4 Å². The van der Waals surface area contributed by atoms with E-state index in [1.54, 1.807) is 7.11 Å². The molecule has 0 radical (unpaired) electrons. The number of hydrogen-bond acceptors (Lipinski definition) is 3. The number of nitrogen functional groups attached to an aromatic ring is 1. The molecule has 110 valence electrons. The second-order valence-electron chi connectivity index (χ2n) is 6.53. The molecule has 20 heavy (non-hydrogen) atoms. The van der Waals surface area contributed by atoms with Crippen LogP contribution in [0.4, 0.5) is 5.69 Å². The topological polar surface area (TPSA) is 47.3 Å². The molecule has 2 fully saturated rings. The smallest absolute Gasteiger partial charge is 0.142 e. The van der Waals surface area contributed by atoms with Crippen molar-refractivity contribution >= 4 is 5.69 Å². The minimum atomic E-state index is 0.639. The van der Waals surface area contributed by atoms with Crippen molar-refractivity contribution in [3.63, 3.8) is 0 Å². The van der Waals surface area contributed by atoms with Crippen LogP contribution in [0.3, 0.4) is 0 Å². The first-order chi connectivity index (χ1) is 9.72. The van der Waals surface area contributed by atoms with Crippen LogP contribution in [0.25, 0.3) is 0 Å². The Labute approximate surface area is 121 Å². The van der Waals surface area contributed by atoms with E-state index in [0.29, 0.717) is 11.3 Å². The SMILES string of the molecule is COc1cc(C2CCC3(CCNCC3)CC2)ccc1N. The molecule has 1 spiro atoms. The third-order valence-electron chi connectivity index (χ3n) is 5.44. The van der Waals surface area contributed by atoms with Gasteiger partial charge in [0, 0.05) is 0 Å². The standard InChI is InChI=1S/C17H26N2O/c1-20-16-12-14(2-3-15(16)18)13-4-6-17(7-5-13)8-10-19-11-9-17/h2-3,12-13,19H,4-11,18H2,1H3. The van der Waals surface area contributed by atoms with Crippen molar-refractivity contribution < 1.29 is 4.74 Å². The lowest BCUT2D eigenvalue weighted by Crippen LogP contribution is -2.38. The van der Waals surface area contributed by atoms with E-state index in [1.165, 1.54) is 57.2 Å². The van der Waals surface area contributed by atoms with Crippen molar-refractivity contribution in [2.24, 2.45) is 5.41 Å². The van der Waals surface area contributed by atoms with Crippen LogP contribution in [0.1, 0.15) is 50.0 Å². The maximum atomic E-state index is 5.91. The van der Waals surface area contributed by atoms with Gasteiger partial charge in [0.25, 0.3) is 0 Å². The first-order valence-electron chi connectivity index (χ1n) is 7.87. The molecule has 3 heteroatoms. The predicted octanol–water partition coefficient (Wildman–Crippen LogP) is 3.30. The first-order valence-corrected chi connectivity index (χ1v) is 7.87. The summed E-state index contributed by atoms with van der Waals surface area (Å²) in [6.07, 6.45) is 8.12. The minimum Gasteiger partial charge on any atom is -0.495 e. The Hall–Kier alpha value is -1.22. The summed E-state index contributed by atoms with van der Waals surface area (Å²) in [5.41, 5.74) is 8.69. The van der Waals surface area contributed by atoms with Crippen LogP contribution in [0.5, 0.6) is 5.75 Å². The van der Waals surface area contributed by atoms with Gasteiger partial charge in [-0.05, 0) is 80.6 Å². The zero-order valence-electron chi connectivity index (χ0n) is 12.5. The summed E-state index contributed by atoms with van der Waals surface area (Å²) >= 11 is 0. The molecule has 1 aromatic rings. The summed E-state index contributed by atoms with van der Waals surface area (Å²) in [6, 6.07) is 6.31. The Morgan fingerprint density at radius 3 is 2.50 bits per heavy atom. The Bertz CT molecular complexity index is 456. The van der Waals surface area contributed by atoms with Gasteiger partial charge in [0.05, 0.1) is 12.8 Å². The van der Waals surface area contributed by atoms with Gasteiger partial charge >= 0.3 is 0 Å². The molecule has 1 saturated carbocycles. The first kappa shape index (κ1) is 13.7. The molecule has 0 bridgehead atoms. The van der Waals surface area contributed by atoms with E-state index in [-0.39, 0.29) is 0 Å². The Kier molecular flexibility index (Phi) is 3.88. The molecule has 1 heterocycles. The van der Waals surface area contributed by atoms with Crippen molar-refractivity contribution in [2.45, 2.75) is 44.4 Å². The van der Waals surface area contributed by atoms with Crippen molar-refractivity contribution in [1.29, 1.82) is 0 Å².